The minimum absolute atomic E-state index is 0. The molecular weight excluding hydrogens is 881 g/mol. The second kappa shape index (κ2) is 21.7. The molecule has 0 saturated heterocycles. The van der Waals surface area contributed by atoms with E-state index in [2.05, 4.69) is 98.8 Å². The number of rotatable bonds is 6. The maximum Gasteiger partial charge on any atom is 4.00 e. The van der Waals surface area contributed by atoms with Crippen molar-refractivity contribution in [2.24, 2.45) is 0 Å². The molecule has 295 valence electrons. The predicted molar refractivity (Wildman–Crippen MR) is 218 cm³/mol. The molecule has 0 amide bonds. The zero-order valence-corrected chi connectivity index (χ0v) is 36.8. The van der Waals surface area contributed by atoms with Gasteiger partial charge in [0.15, 0.2) is 0 Å². The first kappa shape index (κ1) is 48.2. The number of hydrogen-bond acceptors (Lipinski definition) is 0. The van der Waals surface area contributed by atoms with Crippen LogP contribution in [0.3, 0.4) is 0 Å². The molecule has 8 aromatic carbocycles. The van der Waals surface area contributed by atoms with Crippen LogP contribution in [0.4, 0.5) is 26.3 Å². The second-order valence-electron chi connectivity index (χ2n) is 13.2. The second-order valence-corrected chi connectivity index (χ2v) is 14.8. The fourth-order valence-electron chi connectivity index (χ4n) is 6.47. The van der Waals surface area contributed by atoms with E-state index in [-0.39, 0.29) is 60.5 Å². The molecule has 8 aromatic rings. The predicted octanol–water partition coefficient (Wildman–Crippen LogP) is 6.69. The van der Waals surface area contributed by atoms with Crippen molar-refractivity contribution in [2.45, 2.75) is 39.0 Å². The summed E-state index contributed by atoms with van der Waals surface area (Å²) in [6.07, 6.45) is -6.69. The molecule has 0 atom stereocenters. The fraction of sp³-hybridized carbons (Fsp3) is 0.125. The van der Waals surface area contributed by atoms with Gasteiger partial charge in [-0.1, -0.05) is 132 Å². The Kier molecular flexibility index (Phi) is 18.0. The molecule has 10 heteroatoms. The van der Waals surface area contributed by atoms with Gasteiger partial charge in [0.25, 0.3) is 0 Å². The minimum atomic E-state index is -4.29. The van der Waals surface area contributed by atoms with Gasteiger partial charge in [0.1, 0.15) is 9.52 Å². The van der Waals surface area contributed by atoms with Gasteiger partial charge in [0.2, 0.25) is 0 Å². The van der Waals surface area contributed by atoms with Crippen molar-refractivity contribution >= 4 is 41.4 Å². The average molecular weight is 920 g/mol. The third-order valence-electron chi connectivity index (χ3n) is 9.42. The molecule has 0 unspecified atom stereocenters. The number of halogens is 8. The first-order valence-corrected chi connectivity index (χ1v) is 19.2. The summed E-state index contributed by atoms with van der Waals surface area (Å²) in [5.74, 6) is 0. The van der Waals surface area contributed by atoms with Crippen LogP contribution in [0.1, 0.15) is 36.1 Å². The first-order valence-electron chi connectivity index (χ1n) is 18.1. The molecule has 0 heterocycles. The van der Waals surface area contributed by atoms with Crippen LogP contribution >= 0.6 is 0 Å². The number of aryl methyl sites for hydroxylation is 2. The van der Waals surface area contributed by atoms with E-state index in [4.69, 9.17) is 0 Å². The van der Waals surface area contributed by atoms with Gasteiger partial charge in [0.05, 0.1) is 11.1 Å². The summed E-state index contributed by atoms with van der Waals surface area (Å²) in [6, 6.07) is 52.3. The van der Waals surface area contributed by atoms with Gasteiger partial charge in [-0.15, -0.1) is 69.1 Å². The SMILES string of the molecule is CCc1cc2c(-c3ccc(C(F)(F)F)cc3)cccc2[cH-]1.CCc1cc2c(-c3ccc(C(F)(F)F)cc3)cccc2[cH-]1.[Cl-].[Cl-].[Zr+4].c1ccc([SiH]c2ccccc2)cc1. The maximum atomic E-state index is 12.6. The Balaban J connectivity index is 0.000000233. The van der Waals surface area contributed by atoms with Crippen LogP contribution < -0.4 is 35.2 Å². The molecule has 0 bridgehead atoms. The molecule has 1 radical (unpaired) electrons. The number of hydrogen-bond donors (Lipinski definition) is 0. The monoisotopic (exact) mass is 917 g/mol. The third kappa shape index (κ3) is 12.4. The van der Waals surface area contributed by atoms with Crippen molar-refractivity contribution in [1.82, 2.24) is 0 Å². The summed E-state index contributed by atoms with van der Waals surface area (Å²) in [7, 11) is 0.271. The third-order valence-corrected chi connectivity index (χ3v) is 10.9. The Morgan fingerprint density at radius 2 is 0.793 bits per heavy atom. The van der Waals surface area contributed by atoms with E-state index in [1.54, 1.807) is 0 Å². The largest absolute Gasteiger partial charge is 4.00 e. The zero-order chi connectivity index (χ0) is 39.0. The van der Waals surface area contributed by atoms with Crippen molar-refractivity contribution in [2.75, 3.05) is 0 Å². The Hall–Kier alpha value is -4.20. The number of alkyl halides is 6. The molecule has 0 nitrogen and oxygen atoms in total. The van der Waals surface area contributed by atoms with Gasteiger partial charge in [-0.2, -0.15) is 38.5 Å². The summed E-state index contributed by atoms with van der Waals surface area (Å²) in [6.45, 7) is 4.18. The summed E-state index contributed by atoms with van der Waals surface area (Å²) < 4.78 is 75.7. The molecule has 0 aromatic heterocycles. The van der Waals surface area contributed by atoms with Crippen molar-refractivity contribution in [3.8, 4) is 22.3 Å². The fourth-order valence-corrected chi connectivity index (χ4v) is 7.69. The number of benzene rings is 6. The van der Waals surface area contributed by atoms with E-state index in [1.807, 2.05) is 36.4 Å². The van der Waals surface area contributed by atoms with E-state index in [1.165, 1.54) is 45.8 Å². The average Bonchev–Trinajstić information content (AvgIpc) is 3.83. The Labute approximate surface area is 369 Å². The van der Waals surface area contributed by atoms with E-state index >= 15 is 0 Å². The topological polar surface area (TPSA) is 0 Å². The molecule has 0 fully saturated rings. The van der Waals surface area contributed by atoms with Gasteiger partial charge in [0, 0.05) is 0 Å². The molecule has 58 heavy (non-hydrogen) atoms. The van der Waals surface area contributed by atoms with Crippen LogP contribution in [-0.2, 0) is 51.4 Å². The van der Waals surface area contributed by atoms with Gasteiger partial charge in [-0.25, -0.2) is 0 Å². The normalized spacial score (nSPS) is 10.9. The first-order chi connectivity index (χ1) is 26.4. The molecule has 0 aliphatic heterocycles. The van der Waals surface area contributed by atoms with Crippen LogP contribution in [0.5, 0.6) is 0 Å². The smallest absolute Gasteiger partial charge is 1.00 e. The van der Waals surface area contributed by atoms with Crippen LogP contribution in [0.25, 0.3) is 43.8 Å². The van der Waals surface area contributed by atoms with Gasteiger partial charge in [-0.05, 0) is 48.2 Å². The van der Waals surface area contributed by atoms with Crippen molar-refractivity contribution in [1.29, 1.82) is 0 Å². The summed E-state index contributed by atoms with van der Waals surface area (Å²) >= 11 is 0. The van der Waals surface area contributed by atoms with E-state index in [9.17, 15) is 26.3 Å². The van der Waals surface area contributed by atoms with Crippen LogP contribution in [0, 0.1) is 0 Å². The van der Waals surface area contributed by atoms with E-state index in [0.717, 1.165) is 80.9 Å². The Morgan fingerprint density at radius 1 is 0.448 bits per heavy atom. The Bertz CT molecular complexity index is 2260. The van der Waals surface area contributed by atoms with Gasteiger partial charge in [-0.3, -0.25) is 0 Å². The van der Waals surface area contributed by atoms with E-state index in [0.29, 0.717) is 0 Å². The molecule has 0 N–H and O–H groups in total. The molecule has 8 rings (SSSR count). The maximum absolute atomic E-state index is 12.6. The van der Waals surface area contributed by atoms with E-state index < -0.39 is 23.5 Å². The van der Waals surface area contributed by atoms with Crippen molar-refractivity contribution < 1.29 is 77.4 Å². The molecule has 0 aliphatic carbocycles. The van der Waals surface area contributed by atoms with Crippen LogP contribution in [-0.4, -0.2) is 9.52 Å². The summed E-state index contributed by atoms with van der Waals surface area (Å²) in [4.78, 5) is 0. The standard InChI is InChI=1S/2C18H14F3.C12H11Si.2ClH.Zr/c2*1-2-12-10-14-4-3-5-16(17(14)11-12)13-6-8-15(9-7-13)18(19,20)21;1-3-7-11(8-4-1)13-12-9-5-2-6-10-12;;;/h2*3-11H,2H2,1H3;1-10,13H;2*1H;/q2*-1;;;;+4/p-2. The van der Waals surface area contributed by atoms with Gasteiger partial charge >= 0.3 is 38.6 Å². The van der Waals surface area contributed by atoms with Crippen LogP contribution in [0.2, 0.25) is 0 Å². The Morgan fingerprint density at radius 3 is 1.10 bits per heavy atom. The van der Waals surface area contributed by atoms with Crippen LogP contribution in [0.15, 0.2) is 170 Å². The minimum Gasteiger partial charge on any atom is -1.00 e. The van der Waals surface area contributed by atoms with Crippen molar-refractivity contribution in [3.63, 3.8) is 0 Å². The molecule has 0 spiro atoms. The molecular formula is C48H39Cl2F6SiZr. The quantitative estimate of drug-likeness (QED) is 0.0992. The number of fused-ring (bicyclic) bond motifs is 2. The molecule has 0 aliphatic rings. The summed E-state index contributed by atoms with van der Waals surface area (Å²) in [5, 5.41) is 7.35. The van der Waals surface area contributed by atoms with Gasteiger partial charge < -0.3 is 24.8 Å². The zero-order valence-electron chi connectivity index (χ0n) is 31.7. The summed E-state index contributed by atoms with van der Waals surface area (Å²) in [5.41, 5.74) is 4.81. The molecule has 0 saturated carbocycles. The van der Waals surface area contributed by atoms with Crippen molar-refractivity contribution in [3.05, 3.63) is 192 Å².